The molecule has 0 radical (unpaired) electrons. The van der Waals surface area contributed by atoms with Crippen LogP contribution in [0.1, 0.15) is 54.7 Å². The zero-order chi connectivity index (χ0) is 17.6. The molecule has 0 bridgehead atoms. The zero-order valence-electron chi connectivity index (χ0n) is 15.1. The Balaban J connectivity index is 2.61. The van der Waals surface area contributed by atoms with Gasteiger partial charge in [-0.05, 0) is 64.1 Å². The molecule has 0 aliphatic heterocycles. The van der Waals surface area contributed by atoms with Crippen LogP contribution in [0.3, 0.4) is 0 Å². The summed E-state index contributed by atoms with van der Waals surface area (Å²) in [6.07, 6.45) is 2.43. The fourth-order valence-corrected chi connectivity index (χ4v) is 3.09. The molecule has 1 aromatic carbocycles. The second-order valence-electron chi connectivity index (χ2n) is 6.23. The Labute approximate surface area is 124 Å². The van der Waals surface area contributed by atoms with E-state index in [4.69, 9.17) is 4.11 Å². The first-order valence-corrected chi connectivity index (χ1v) is 6.87. The smallest absolute Gasteiger partial charge is 0.123 e. The summed E-state index contributed by atoms with van der Waals surface area (Å²) in [6.45, 7) is 2.88. The molecule has 3 nitrogen and oxygen atoms in total. The average molecular weight is 279 g/mol. The Morgan fingerprint density at radius 3 is 2.35 bits per heavy atom. The van der Waals surface area contributed by atoms with Crippen molar-refractivity contribution in [3.05, 3.63) is 34.9 Å². The molecule has 2 rings (SSSR count). The minimum Gasteiger partial charge on any atom is -0.507 e. The highest BCUT2D eigenvalue weighted by Crippen LogP contribution is 2.47. The minimum atomic E-state index is -2.21. The van der Waals surface area contributed by atoms with Gasteiger partial charge in [-0.2, -0.15) is 0 Å². The molecule has 1 aliphatic rings. The summed E-state index contributed by atoms with van der Waals surface area (Å²) in [6, 6.07) is 3.07. The van der Waals surface area contributed by atoms with Gasteiger partial charge in [0.15, 0.2) is 0 Å². The Bertz CT molecular complexity index is 604. The fraction of sp³-hybridized carbons (Fsp3) is 0.529. The lowest BCUT2D eigenvalue weighted by atomic mass is 9.69. The highest BCUT2D eigenvalue weighted by Gasteiger charge is 2.38. The molecule has 0 saturated carbocycles. The molecule has 3 heteroatoms. The van der Waals surface area contributed by atoms with Gasteiger partial charge in [0, 0.05) is 15.6 Å². The lowest BCUT2D eigenvalue weighted by Gasteiger charge is -2.38. The van der Waals surface area contributed by atoms with Crippen molar-refractivity contribution < 1.29 is 19.4 Å². The van der Waals surface area contributed by atoms with Crippen molar-refractivity contribution >= 4 is 0 Å². The van der Waals surface area contributed by atoms with Crippen LogP contribution in [0.5, 0.6) is 11.5 Å². The highest BCUT2D eigenvalue weighted by atomic mass is 16.3. The molecule has 0 aromatic heterocycles. The third-order valence-electron chi connectivity index (χ3n) is 4.06. The van der Waals surface area contributed by atoms with Crippen LogP contribution in [-0.2, 0) is 0 Å². The molecule has 110 valence electrons. The lowest BCUT2D eigenvalue weighted by molar-refractivity contribution is 0.00421. The summed E-state index contributed by atoms with van der Waals surface area (Å²) >= 11 is 0. The van der Waals surface area contributed by atoms with Gasteiger partial charge in [-0.1, -0.05) is 11.6 Å². The highest BCUT2D eigenvalue weighted by molar-refractivity contribution is 5.51. The van der Waals surface area contributed by atoms with Crippen LogP contribution in [-0.4, -0.2) is 20.9 Å². The van der Waals surface area contributed by atoms with Crippen molar-refractivity contribution in [2.24, 2.45) is 5.92 Å². The van der Waals surface area contributed by atoms with Gasteiger partial charge >= 0.3 is 0 Å². The molecule has 0 spiro atoms. The number of aromatic hydroxyl groups is 2. The van der Waals surface area contributed by atoms with Crippen LogP contribution >= 0.6 is 0 Å². The standard InChI is InChI=1S/C17H24O3/c1-10-5-6-13(17(3,4)20)12(7-10)16-14(18)8-11(2)9-15(16)19/h7-9,12-13,18-20H,5-6H2,1-4H3/i1D3. The van der Waals surface area contributed by atoms with Crippen LogP contribution in [0, 0.1) is 12.8 Å². The lowest BCUT2D eigenvalue weighted by Crippen LogP contribution is -2.36. The maximum atomic E-state index is 10.5. The quantitative estimate of drug-likeness (QED) is 0.725. The van der Waals surface area contributed by atoms with Crippen LogP contribution in [0.15, 0.2) is 23.8 Å². The van der Waals surface area contributed by atoms with Crippen molar-refractivity contribution in [1.29, 1.82) is 0 Å². The molecule has 2 atom stereocenters. The first-order valence-electron chi connectivity index (χ1n) is 8.37. The number of hydrogen-bond acceptors (Lipinski definition) is 3. The molecule has 0 saturated heterocycles. The molecule has 1 aromatic rings. The summed E-state index contributed by atoms with van der Waals surface area (Å²) in [4.78, 5) is 0. The van der Waals surface area contributed by atoms with E-state index in [1.807, 2.05) is 0 Å². The first kappa shape index (κ1) is 11.2. The van der Waals surface area contributed by atoms with E-state index in [9.17, 15) is 15.3 Å². The Kier molecular flexibility index (Phi) is 2.88. The zero-order valence-corrected chi connectivity index (χ0v) is 12.1. The molecular formula is C17H24O3. The second-order valence-corrected chi connectivity index (χ2v) is 6.23. The van der Waals surface area contributed by atoms with E-state index in [0.29, 0.717) is 24.0 Å². The van der Waals surface area contributed by atoms with Crippen molar-refractivity contribution in [2.45, 2.75) is 52.0 Å². The summed E-state index contributed by atoms with van der Waals surface area (Å²) in [7, 11) is 0. The third-order valence-corrected chi connectivity index (χ3v) is 4.06. The fourth-order valence-electron chi connectivity index (χ4n) is 3.09. The normalized spacial score (nSPS) is 26.4. The Morgan fingerprint density at radius 2 is 1.85 bits per heavy atom. The van der Waals surface area contributed by atoms with Gasteiger partial charge in [0.1, 0.15) is 11.5 Å². The maximum absolute atomic E-state index is 10.5. The summed E-state index contributed by atoms with van der Waals surface area (Å²) in [5, 5.41) is 31.0. The topological polar surface area (TPSA) is 60.7 Å². The number of phenols is 2. The number of hydrogen-bond donors (Lipinski definition) is 3. The molecule has 3 N–H and O–H groups in total. The number of aryl methyl sites for hydroxylation is 1. The third kappa shape index (κ3) is 2.83. The monoisotopic (exact) mass is 279 g/mol. The minimum absolute atomic E-state index is 0.0789. The van der Waals surface area contributed by atoms with Crippen LogP contribution in [0.2, 0.25) is 0 Å². The van der Waals surface area contributed by atoms with Crippen molar-refractivity contribution in [2.75, 3.05) is 0 Å². The number of allylic oxidation sites excluding steroid dienone is 2. The summed E-state index contributed by atoms with van der Waals surface area (Å²) < 4.78 is 22.9. The molecule has 1 aliphatic carbocycles. The van der Waals surface area contributed by atoms with Crippen molar-refractivity contribution in [3.63, 3.8) is 0 Å². The van der Waals surface area contributed by atoms with E-state index in [1.165, 1.54) is 12.1 Å². The van der Waals surface area contributed by atoms with Crippen molar-refractivity contribution in [1.82, 2.24) is 0 Å². The summed E-state index contributed by atoms with van der Waals surface area (Å²) in [5.41, 5.74) is 0.233. The average Bonchev–Trinajstić information content (AvgIpc) is 2.34. The van der Waals surface area contributed by atoms with E-state index in [1.54, 1.807) is 26.8 Å². The van der Waals surface area contributed by atoms with Crippen LogP contribution in [0.4, 0.5) is 0 Å². The van der Waals surface area contributed by atoms with Gasteiger partial charge in [0.25, 0.3) is 0 Å². The van der Waals surface area contributed by atoms with Crippen LogP contribution in [0.25, 0.3) is 0 Å². The van der Waals surface area contributed by atoms with Gasteiger partial charge in [-0.3, -0.25) is 0 Å². The number of rotatable bonds is 2. The van der Waals surface area contributed by atoms with E-state index < -0.39 is 18.4 Å². The Hall–Kier alpha value is -1.48. The molecule has 0 heterocycles. The molecule has 0 fully saturated rings. The molecule has 0 amide bonds. The predicted octanol–water partition coefficient (Wildman–Crippen LogP) is 3.62. The number of benzene rings is 1. The second kappa shape index (κ2) is 5.13. The summed E-state index contributed by atoms with van der Waals surface area (Å²) in [5.74, 6) is -1.01. The number of aliphatic hydroxyl groups is 1. The van der Waals surface area contributed by atoms with Crippen LogP contribution < -0.4 is 0 Å². The van der Waals surface area contributed by atoms with Gasteiger partial charge in [0.05, 0.1) is 5.60 Å². The predicted molar refractivity (Wildman–Crippen MR) is 80.0 cm³/mol. The van der Waals surface area contributed by atoms with E-state index in [-0.39, 0.29) is 23.0 Å². The maximum Gasteiger partial charge on any atom is 0.123 e. The first-order chi connectivity index (χ1) is 10.4. The van der Waals surface area contributed by atoms with Gasteiger partial charge < -0.3 is 15.3 Å². The largest absolute Gasteiger partial charge is 0.507 e. The SMILES string of the molecule is [2H]C([2H])([2H])C1=CC(c2c(O)cc(C)cc2O)C(C(C)(C)O)CC1. The molecule has 20 heavy (non-hydrogen) atoms. The van der Waals surface area contributed by atoms with Gasteiger partial charge in [0.2, 0.25) is 0 Å². The van der Waals surface area contributed by atoms with Crippen molar-refractivity contribution in [3.8, 4) is 11.5 Å². The molecular weight excluding hydrogens is 252 g/mol. The van der Waals surface area contributed by atoms with Gasteiger partial charge in [-0.15, -0.1) is 0 Å². The number of phenolic OH excluding ortho intramolecular Hbond substituents is 2. The Morgan fingerprint density at radius 1 is 1.25 bits per heavy atom. The molecule has 2 unspecified atom stereocenters. The van der Waals surface area contributed by atoms with E-state index >= 15 is 0 Å². The van der Waals surface area contributed by atoms with Gasteiger partial charge in [-0.25, -0.2) is 0 Å². The van der Waals surface area contributed by atoms with E-state index in [2.05, 4.69) is 0 Å². The van der Waals surface area contributed by atoms with E-state index in [0.717, 1.165) is 0 Å².